The highest BCUT2D eigenvalue weighted by molar-refractivity contribution is 5.73. The third-order valence-electron chi connectivity index (χ3n) is 1.91. The van der Waals surface area contributed by atoms with Crippen LogP contribution in [-0.2, 0) is 4.79 Å². The van der Waals surface area contributed by atoms with Gasteiger partial charge in [0.25, 0.3) is 0 Å². The number of aliphatic hydroxyl groups excluding tert-OH is 1. The summed E-state index contributed by atoms with van der Waals surface area (Å²) in [5.74, 6) is -2.76. The summed E-state index contributed by atoms with van der Waals surface area (Å²) in [6.45, 7) is 2.54. The fourth-order valence-corrected chi connectivity index (χ4v) is 0.957. The zero-order valence-corrected chi connectivity index (χ0v) is 10.5. The summed E-state index contributed by atoms with van der Waals surface area (Å²) in [5, 5.41) is 15.6. The van der Waals surface area contributed by atoms with Gasteiger partial charge in [-0.3, -0.25) is 0 Å². The van der Waals surface area contributed by atoms with Crippen LogP contribution in [0.15, 0.2) is 12.2 Å². The largest absolute Gasteiger partial charge is 0.490 e. The highest BCUT2D eigenvalue weighted by Crippen LogP contribution is 2.13. The van der Waals surface area contributed by atoms with Gasteiger partial charge in [0.05, 0.1) is 0 Å². The molecule has 0 unspecified atom stereocenters. The second-order valence-corrected chi connectivity index (χ2v) is 3.64. The molecule has 0 heterocycles. The van der Waals surface area contributed by atoms with Crippen molar-refractivity contribution in [3.63, 3.8) is 0 Å². The van der Waals surface area contributed by atoms with Crippen molar-refractivity contribution in [3.05, 3.63) is 12.2 Å². The zero-order chi connectivity index (χ0) is 14.4. The van der Waals surface area contributed by atoms with E-state index in [9.17, 15) is 13.2 Å². The van der Waals surface area contributed by atoms with Gasteiger partial charge < -0.3 is 10.2 Å². The number of unbranched alkanes of at least 4 members (excludes halogenated alkanes) is 4. The molecule has 0 aliphatic rings. The van der Waals surface area contributed by atoms with E-state index in [1.54, 1.807) is 0 Å². The highest BCUT2D eigenvalue weighted by Gasteiger charge is 2.38. The molecule has 0 saturated heterocycles. The van der Waals surface area contributed by atoms with Gasteiger partial charge in [-0.2, -0.15) is 13.2 Å². The number of hydrogen-bond donors (Lipinski definition) is 2. The van der Waals surface area contributed by atoms with Crippen LogP contribution in [0.2, 0.25) is 0 Å². The minimum atomic E-state index is -5.08. The van der Waals surface area contributed by atoms with Gasteiger partial charge in [-0.1, -0.05) is 31.9 Å². The molecule has 0 fully saturated rings. The van der Waals surface area contributed by atoms with Crippen LogP contribution in [-0.4, -0.2) is 29.0 Å². The second kappa shape index (κ2) is 12.4. The Balaban J connectivity index is 0. The van der Waals surface area contributed by atoms with Gasteiger partial charge in [-0.15, -0.1) is 0 Å². The van der Waals surface area contributed by atoms with Gasteiger partial charge in [0.15, 0.2) is 0 Å². The first-order chi connectivity index (χ1) is 8.36. The van der Waals surface area contributed by atoms with Gasteiger partial charge >= 0.3 is 12.1 Å². The van der Waals surface area contributed by atoms with E-state index in [0.29, 0.717) is 6.61 Å². The summed E-state index contributed by atoms with van der Waals surface area (Å²) >= 11 is 0. The topological polar surface area (TPSA) is 57.5 Å². The molecule has 6 heteroatoms. The first-order valence-corrected chi connectivity index (χ1v) is 5.92. The molecular formula is C12H21F3O3. The summed E-state index contributed by atoms with van der Waals surface area (Å²) in [7, 11) is 0. The molecule has 0 bridgehead atoms. The van der Waals surface area contributed by atoms with Gasteiger partial charge in [-0.25, -0.2) is 4.79 Å². The Labute approximate surface area is 105 Å². The maximum Gasteiger partial charge on any atom is 0.490 e. The molecule has 0 aliphatic carbocycles. The van der Waals surface area contributed by atoms with Crippen LogP contribution in [0.5, 0.6) is 0 Å². The Morgan fingerprint density at radius 2 is 1.56 bits per heavy atom. The van der Waals surface area contributed by atoms with E-state index in [-0.39, 0.29) is 0 Å². The van der Waals surface area contributed by atoms with Gasteiger partial charge in [0.1, 0.15) is 0 Å². The molecule has 0 aromatic carbocycles. The first kappa shape index (κ1) is 19.3. The average Bonchev–Trinajstić information content (AvgIpc) is 2.27. The Bertz CT molecular complexity index is 225. The highest BCUT2D eigenvalue weighted by atomic mass is 19.4. The third kappa shape index (κ3) is 17.4. The predicted octanol–water partition coefficient (Wildman–Crippen LogP) is 3.53. The van der Waals surface area contributed by atoms with Crippen molar-refractivity contribution in [1.82, 2.24) is 0 Å². The Morgan fingerprint density at radius 1 is 1.11 bits per heavy atom. The molecule has 0 aliphatic heterocycles. The summed E-state index contributed by atoms with van der Waals surface area (Å²) < 4.78 is 31.7. The smallest absolute Gasteiger partial charge is 0.475 e. The van der Waals surface area contributed by atoms with Gasteiger partial charge in [0, 0.05) is 6.61 Å². The molecule has 2 N–H and O–H groups in total. The predicted molar refractivity (Wildman–Crippen MR) is 63.3 cm³/mol. The minimum absolute atomic E-state index is 0.319. The zero-order valence-electron chi connectivity index (χ0n) is 10.5. The number of hydrogen-bond acceptors (Lipinski definition) is 2. The number of allylic oxidation sites excluding steroid dienone is 2. The lowest BCUT2D eigenvalue weighted by Crippen LogP contribution is -2.21. The number of carbonyl (C=O) groups is 1. The second-order valence-electron chi connectivity index (χ2n) is 3.64. The van der Waals surface area contributed by atoms with Crippen LogP contribution in [0.25, 0.3) is 0 Å². The van der Waals surface area contributed by atoms with Crippen molar-refractivity contribution >= 4 is 5.97 Å². The van der Waals surface area contributed by atoms with Crippen molar-refractivity contribution in [2.45, 2.75) is 51.6 Å². The van der Waals surface area contributed by atoms with E-state index in [1.165, 1.54) is 25.7 Å². The Kier molecular flexibility index (Phi) is 13.3. The van der Waals surface area contributed by atoms with Crippen LogP contribution in [0.4, 0.5) is 13.2 Å². The third-order valence-corrected chi connectivity index (χ3v) is 1.91. The first-order valence-electron chi connectivity index (χ1n) is 5.92. The lowest BCUT2D eigenvalue weighted by molar-refractivity contribution is -0.192. The monoisotopic (exact) mass is 270 g/mol. The molecule has 0 saturated carbocycles. The average molecular weight is 270 g/mol. The number of halogens is 3. The Hall–Kier alpha value is -1.04. The van der Waals surface area contributed by atoms with Crippen molar-refractivity contribution in [1.29, 1.82) is 0 Å². The molecule has 0 amide bonds. The molecule has 18 heavy (non-hydrogen) atoms. The lowest BCUT2D eigenvalue weighted by Gasteiger charge is -1.93. The minimum Gasteiger partial charge on any atom is -0.475 e. The SMILES string of the molecule is CCCCC/C=C\CCCO.O=C(O)C(F)(F)F. The number of aliphatic hydroxyl groups is 1. The van der Waals surface area contributed by atoms with Crippen molar-refractivity contribution < 1.29 is 28.2 Å². The van der Waals surface area contributed by atoms with E-state index in [4.69, 9.17) is 15.0 Å². The molecule has 108 valence electrons. The van der Waals surface area contributed by atoms with Crippen LogP contribution >= 0.6 is 0 Å². The Morgan fingerprint density at radius 3 is 1.89 bits per heavy atom. The summed E-state index contributed by atoms with van der Waals surface area (Å²) in [4.78, 5) is 8.90. The van der Waals surface area contributed by atoms with E-state index >= 15 is 0 Å². The van der Waals surface area contributed by atoms with Crippen LogP contribution in [0.1, 0.15) is 45.4 Å². The summed E-state index contributed by atoms with van der Waals surface area (Å²) in [5.41, 5.74) is 0. The van der Waals surface area contributed by atoms with E-state index < -0.39 is 12.1 Å². The summed E-state index contributed by atoms with van der Waals surface area (Å²) in [6, 6.07) is 0. The standard InChI is InChI=1S/C10H20O.C2HF3O2/c1-2-3-4-5-6-7-8-9-10-11;3-2(4,5)1(6)7/h6-7,11H,2-5,8-10H2,1H3;(H,6,7)/b7-6-;. The quantitative estimate of drug-likeness (QED) is 0.549. The van der Waals surface area contributed by atoms with Gasteiger partial charge in [-0.05, 0) is 25.7 Å². The van der Waals surface area contributed by atoms with Crippen LogP contribution in [0.3, 0.4) is 0 Å². The molecule has 0 atom stereocenters. The normalized spacial score (nSPS) is 11.2. The van der Waals surface area contributed by atoms with Crippen molar-refractivity contribution in [2.24, 2.45) is 0 Å². The molecular weight excluding hydrogens is 249 g/mol. The molecule has 0 spiro atoms. The fraction of sp³-hybridized carbons (Fsp3) is 0.750. The molecule has 3 nitrogen and oxygen atoms in total. The number of carboxylic acids is 1. The molecule has 0 aromatic heterocycles. The molecule has 0 rings (SSSR count). The fourth-order valence-electron chi connectivity index (χ4n) is 0.957. The maximum atomic E-state index is 10.6. The molecule has 0 radical (unpaired) electrons. The van der Waals surface area contributed by atoms with Crippen molar-refractivity contribution in [2.75, 3.05) is 6.61 Å². The number of alkyl halides is 3. The number of carboxylic acid groups (broad SMARTS) is 1. The molecule has 0 aromatic rings. The van der Waals surface area contributed by atoms with Gasteiger partial charge in [0.2, 0.25) is 0 Å². The van der Waals surface area contributed by atoms with Crippen LogP contribution in [0, 0.1) is 0 Å². The van der Waals surface area contributed by atoms with Crippen molar-refractivity contribution in [3.8, 4) is 0 Å². The van der Waals surface area contributed by atoms with E-state index in [1.807, 2.05) is 0 Å². The van der Waals surface area contributed by atoms with Crippen LogP contribution < -0.4 is 0 Å². The number of aliphatic carboxylic acids is 1. The number of rotatable bonds is 7. The van der Waals surface area contributed by atoms with E-state index in [0.717, 1.165) is 12.8 Å². The maximum absolute atomic E-state index is 10.6. The lowest BCUT2D eigenvalue weighted by atomic mass is 10.2. The summed E-state index contributed by atoms with van der Waals surface area (Å²) in [6.07, 6.45) is 6.41. The van der Waals surface area contributed by atoms with E-state index in [2.05, 4.69) is 19.1 Å².